The molecule has 3 saturated carbocycles. The average molecular weight is 412 g/mol. The molecule has 8 atom stereocenters. The zero-order valence-corrected chi connectivity index (χ0v) is 19.1. The summed E-state index contributed by atoms with van der Waals surface area (Å²) in [4.78, 5) is 0. The molecular formula is C26H36O2P. The zero-order chi connectivity index (χ0) is 20.4. The molecule has 1 unspecified atom stereocenters. The van der Waals surface area contributed by atoms with Gasteiger partial charge in [0.2, 0.25) is 0 Å². The third kappa shape index (κ3) is 3.17. The minimum absolute atomic E-state index is 0.115. The minimum atomic E-state index is -1.46. The summed E-state index contributed by atoms with van der Waals surface area (Å²) in [5.41, 5.74) is 0.833. The smallest absolute Gasteiger partial charge is 0.133 e. The molecule has 0 heterocycles. The summed E-state index contributed by atoms with van der Waals surface area (Å²) >= 11 is 0. The van der Waals surface area contributed by atoms with Gasteiger partial charge in [-0.15, -0.1) is 0 Å². The van der Waals surface area contributed by atoms with Crippen LogP contribution < -0.4 is 5.30 Å². The number of benzene rings is 1. The number of rotatable bonds is 2. The minimum Gasteiger partial charge on any atom is -0.390 e. The number of hydrogen-bond donors (Lipinski definition) is 1. The molecular weight excluding hydrogens is 375 g/mol. The maximum atomic E-state index is 13.6. The van der Waals surface area contributed by atoms with Crippen LogP contribution in [0, 0.1) is 41.9 Å². The maximum Gasteiger partial charge on any atom is 0.133 e. The Morgan fingerprint density at radius 3 is 2.55 bits per heavy atom. The Labute approximate surface area is 177 Å². The van der Waals surface area contributed by atoms with E-state index in [1.54, 1.807) is 0 Å². The Bertz CT molecular complexity index is 856. The first-order valence-corrected chi connectivity index (χ1v) is 13.0. The number of allylic oxidation sites excluding steroid dienone is 2. The first-order valence-electron chi connectivity index (χ1n) is 11.8. The third-order valence-electron chi connectivity index (χ3n) is 9.33. The van der Waals surface area contributed by atoms with Gasteiger partial charge < -0.3 is 5.11 Å². The standard InChI is InChI=1S/C26H36O2P/c1-17-6-4-5-7-23(17)29(28)24-11-10-22-21-9-8-18-16-25(2,27)14-12-19(18)20(21)13-15-26(22,24)3/h4-7,11,18-22,27H,8-10,12-16H2,1-3H3/t18-,19+,20-,21-,22+,25-,26+/m1/s1. The molecule has 3 heteroatoms. The van der Waals surface area contributed by atoms with Crippen molar-refractivity contribution in [1.82, 2.24) is 0 Å². The van der Waals surface area contributed by atoms with E-state index < -0.39 is 13.4 Å². The van der Waals surface area contributed by atoms with Crippen molar-refractivity contribution in [3.8, 4) is 0 Å². The third-order valence-corrected chi connectivity index (χ3v) is 11.4. The van der Waals surface area contributed by atoms with Crippen LogP contribution in [-0.4, -0.2) is 10.7 Å². The van der Waals surface area contributed by atoms with Crippen molar-refractivity contribution in [3.63, 3.8) is 0 Å². The molecule has 29 heavy (non-hydrogen) atoms. The molecule has 157 valence electrons. The lowest BCUT2D eigenvalue weighted by Crippen LogP contribution is -2.50. The van der Waals surface area contributed by atoms with Crippen LogP contribution in [0.5, 0.6) is 0 Å². The van der Waals surface area contributed by atoms with Crippen LogP contribution in [0.4, 0.5) is 0 Å². The van der Waals surface area contributed by atoms with Gasteiger partial charge in [0.25, 0.3) is 0 Å². The summed E-state index contributed by atoms with van der Waals surface area (Å²) in [6.07, 6.45) is 11.8. The van der Waals surface area contributed by atoms with Gasteiger partial charge in [-0.3, -0.25) is 4.57 Å². The van der Waals surface area contributed by atoms with Gasteiger partial charge in [0.05, 0.1) is 5.60 Å². The molecule has 5 rings (SSSR count). The van der Waals surface area contributed by atoms with Crippen LogP contribution in [0.3, 0.4) is 0 Å². The van der Waals surface area contributed by atoms with Crippen LogP contribution in [0.1, 0.15) is 70.8 Å². The van der Waals surface area contributed by atoms with E-state index >= 15 is 0 Å². The van der Waals surface area contributed by atoms with E-state index in [2.05, 4.69) is 32.1 Å². The van der Waals surface area contributed by atoms with Gasteiger partial charge in [-0.05, 0) is 106 Å². The fourth-order valence-electron chi connectivity index (χ4n) is 7.86. The topological polar surface area (TPSA) is 37.3 Å². The first-order chi connectivity index (χ1) is 13.8. The van der Waals surface area contributed by atoms with E-state index in [0.717, 1.165) is 53.8 Å². The average Bonchev–Trinajstić information content (AvgIpc) is 3.04. The Balaban J connectivity index is 1.38. The highest BCUT2D eigenvalue weighted by Gasteiger charge is 2.56. The molecule has 2 nitrogen and oxygen atoms in total. The molecule has 1 radical (unpaired) electrons. The Morgan fingerprint density at radius 2 is 1.76 bits per heavy atom. The Kier molecular flexibility index (Phi) is 4.84. The molecule has 0 spiro atoms. The molecule has 0 saturated heterocycles. The van der Waals surface area contributed by atoms with Crippen LogP contribution in [-0.2, 0) is 4.57 Å². The lowest BCUT2D eigenvalue weighted by molar-refractivity contribution is -0.0902. The number of aliphatic hydroxyl groups is 1. The van der Waals surface area contributed by atoms with E-state index in [9.17, 15) is 9.67 Å². The molecule has 1 aromatic rings. The highest BCUT2D eigenvalue weighted by atomic mass is 31.1. The fraction of sp³-hybridized carbons (Fsp3) is 0.692. The predicted molar refractivity (Wildman–Crippen MR) is 120 cm³/mol. The molecule has 0 amide bonds. The zero-order valence-electron chi connectivity index (χ0n) is 18.2. The highest BCUT2D eigenvalue weighted by molar-refractivity contribution is 7.58. The molecule has 1 aromatic carbocycles. The maximum absolute atomic E-state index is 13.6. The van der Waals surface area contributed by atoms with Crippen molar-refractivity contribution in [2.45, 2.75) is 77.7 Å². The second-order valence-corrected chi connectivity index (χ2v) is 12.6. The summed E-state index contributed by atoms with van der Waals surface area (Å²) in [5, 5.41) is 12.9. The lowest BCUT2D eigenvalue weighted by atomic mass is 9.50. The monoisotopic (exact) mass is 411 g/mol. The SMILES string of the molecule is Cc1ccccc1[P](=O)C1=CC[C@H]2[C@@H]3CC[C@@H]4C[C@](C)(O)CC[C@@H]4[C@H]3CC[C@]12C. The number of aryl methyl sites for hydroxylation is 1. The molecule has 4 aliphatic carbocycles. The first kappa shape index (κ1) is 20.0. The Morgan fingerprint density at radius 1 is 1.00 bits per heavy atom. The summed E-state index contributed by atoms with van der Waals surface area (Å²) in [6, 6.07) is 8.23. The van der Waals surface area contributed by atoms with E-state index in [4.69, 9.17) is 0 Å². The molecule has 0 bridgehead atoms. The van der Waals surface area contributed by atoms with Crippen LogP contribution in [0.15, 0.2) is 35.7 Å². The molecule has 1 N–H and O–H groups in total. The lowest BCUT2D eigenvalue weighted by Gasteiger charge is -2.56. The van der Waals surface area contributed by atoms with Gasteiger partial charge in [0.15, 0.2) is 0 Å². The fourth-order valence-corrected chi connectivity index (χ4v) is 9.75. The molecule has 3 fully saturated rings. The molecule has 4 aliphatic rings. The van der Waals surface area contributed by atoms with Gasteiger partial charge in [-0.25, -0.2) is 0 Å². The van der Waals surface area contributed by atoms with Crippen molar-refractivity contribution in [2.75, 3.05) is 0 Å². The van der Waals surface area contributed by atoms with E-state index in [1.165, 1.54) is 37.4 Å². The van der Waals surface area contributed by atoms with E-state index in [-0.39, 0.29) is 5.41 Å². The number of hydrogen-bond acceptors (Lipinski definition) is 2. The van der Waals surface area contributed by atoms with Crippen LogP contribution in [0.25, 0.3) is 0 Å². The van der Waals surface area contributed by atoms with E-state index in [0.29, 0.717) is 5.92 Å². The van der Waals surface area contributed by atoms with Crippen LogP contribution in [0.2, 0.25) is 0 Å². The van der Waals surface area contributed by atoms with Gasteiger partial charge in [-0.1, -0.05) is 31.2 Å². The summed E-state index contributed by atoms with van der Waals surface area (Å²) in [7, 11) is -1.46. The summed E-state index contributed by atoms with van der Waals surface area (Å²) < 4.78 is 13.6. The van der Waals surface area contributed by atoms with E-state index in [1.807, 2.05) is 19.1 Å². The number of fused-ring (bicyclic) bond motifs is 5. The van der Waals surface area contributed by atoms with Crippen molar-refractivity contribution in [1.29, 1.82) is 0 Å². The summed E-state index contributed by atoms with van der Waals surface area (Å²) in [5.74, 6) is 3.82. The normalized spacial score (nSPS) is 44.3. The van der Waals surface area contributed by atoms with Gasteiger partial charge in [0.1, 0.15) is 7.80 Å². The van der Waals surface area contributed by atoms with Crippen molar-refractivity contribution >= 4 is 13.1 Å². The second kappa shape index (κ2) is 7.03. The van der Waals surface area contributed by atoms with Crippen molar-refractivity contribution in [3.05, 3.63) is 41.2 Å². The molecule has 0 aromatic heterocycles. The van der Waals surface area contributed by atoms with Gasteiger partial charge in [-0.2, -0.15) is 0 Å². The quantitative estimate of drug-likeness (QED) is 0.576. The van der Waals surface area contributed by atoms with Crippen molar-refractivity contribution in [2.24, 2.45) is 35.0 Å². The largest absolute Gasteiger partial charge is 0.390 e. The summed E-state index contributed by atoms with van der Waals surface area (Å²) in [6.45, 7) is 6.56. The Hall–Kier alpha value is -0.980. The molecule has 0 aliphatic heterocycles. The second-order valence-electron chi connectivity index (χ2n) is 11.0. The predicted octanol–water partition coefficient (Wildman–Crippen LogP) is 6.35. The highest BCUT2D eigenvalue weighted by Crippen LogP contribution is 2.66. The van der Waals surface area contributed by atoms with Crippen LogP contribution >= 0.6 is 7.80 Å². The van der Waals surface area contributed by atoms with Gasteiger partial charge in [0, 0.05) is 16.0 Å². The van der Waals surface area contributed by atoms with Gasteiger partial charge >= 0.3 is 0 Å². The van der Waals surface area contributed by atoms with Crippen molar-refractivity contribution < 1.29 is 9.67 Å².